The lowest BCUT2D eigenvalue weighted by Crippen LogP contribution is -2.39. The molecule has 0 bridgehead atoms. The van der Waals surface area contributed by atoms with Crippen molar-refractivity contribution in [1.29, 1.82) is 0 Å². The molecular formula is C19H31FN4O3S. The first-order valence-electron chi connectivity index (χ1n) is 9.72. The van der Waals surface area contributed by atoms with Gasteiger partial charge >= 0.3 is 0 Å². The fourth-order valence-electron chi connectivity index (χ4n) is 2.99. The maximum Gasteiger partial charge on any atom is 0.213 e. The molecular weight excluding hydrogens is 383 g/mol. The average Bonchev–Trinajstić information content (AvgIpc) is 2.66. The van der Waals surface area contributed by atoms with E-state index < -0.39 is 10.0 Å². The van der Waals surface area contributed by atoms with Crippen LogP contribution in [0.25, 0.3) is 0 Å². The van der Waals surface area contributed by atoms with E-state index in [2.05, 4.69) is 15.0 Å². The third-order valence-electron chi connectivity index (χ3n) is 4.43. The summed E-state index contributed by atoms with van der Waals surface area (Å²) < 4.78 is 45.9. The summed E-state index contributed by atoms with van der Waals surface area (Å²) in [5.41, 5.74) is 0.815. The Labute approximate surface area is 167 Å². The van der Waals surface area contributed by atoms with Gasteiger partial charge in [-0.15, -0.1) is 0 Å². The lowest BCUT2D eigenvalue weighted by atomic mass is 10.1. The predicted octanol–water partition coefficient (Wildman–Crippen LogP) is 1.71. The number of guanidine groups is 1. The molecule has 0 radical (unpaired) electrons. The summed E-state index contributed by atoms with van der Waals surface area (Å²) in [6.07, 6.45) is 2.95. The molecule has 1 aromatic carbocycles. The molecule has 9 heteroatoms. The molecule has 2 N–H and O–H groups in total. The molecule has 1 aliphatic rings. The minimum atomic E-state index is -3.41. The van der Waals surface area contributed by atoms with Crippen molar-refractivity contribution in [2.24, 2.45) is 4.99 Å². The first kappa shape index (κ1) is 22.6. The van der Waals surface area contributed by atoms with E-state index in [1.807, 2.05) is 24.9 Å². The second-order valence-electron chi connectivity index (χ2n) is 6.88. The summed E-state index contributed by atoms with van der Waals surface area (Å²) in [7, 11) is -1.58. The smallest absolute Gasteiger partial charge is 0.213 e. The molecule has 1 heterocycles. The van der Waals surface area contributed by atoms with Crippen molar-refractivity contribution >= 4 is 16.0 Å². The topological polar surface area (TPSA) is 83.0 Å². The van der Waals surface area contributed by atoms with Crippen LogP contribution in [0.3, 0.4) is 0 Å². The van der Waals surface area contributed by atoms with Gasteiger partial charge in [0.15, 0.2) is 5.96 Å². The Morgan fingerprint density at radius 2 is 2.21 bits per heavy atom. The zero-order valence-electron chi connectivity index (χ0n) is 16.7. The summed E-state index contributed by atoms with van der Waals surface area (Å²) >= 11 is 0. The third kappa shape index (κ3) is 8.12. The number of benzene rings is 1. The molecule has 1 saturated heterocycles. The van der Waals surface area contributed by atoms with Crippen molar-refractivity contribution in [2.75, 3.05) is 39.0 Å². The van der Waals surface area contributed by atoms with Crippen molar-refractivity contribution < 1.29 is 17.5 Å². The number of halogens is 1. The minimum Gasteiger partial charge on any atom is -0.377 e. The number of ether oxygens (including phenoxy) is 1. The fourth-order valence-corrected chi connectivity index (χ4v) is 3.90. The summed E-state index contributed by atoms with van der Waals surface area (Å²) in [5.74, 6) is 0.201. The number of sulfonamides is 1. The normalized spacial score (nSPS) is 18.1. The lowest BCUT2D eigenvalue weighted by molar-refractivity contribution is 0.0200. The minimum absolute atomic E-state index is 0.0400. The highest BCUT2D eigenvalue weighted by atomic mass is 32.2. The lowest BCUT2D eigenvalue weighted by Gasteiger charge is -2.23. The van der Waals surface area contributed by atoms with Crippen molar-refractivity contribution in [1.82, 2.24) is 14.9 Å². The highest BCUT2D eigenvalue weighted by molar-refractivity contribution is 7.89. The van der Waals surface area contributed by atoms with E-state index in [-0.39, 0.29) is 24.2 Å². The van der Waals surface area contributed by atoms with Crippen LogP contribution < -0.4 is 10.0 Å². The Morgan fingerprint density at radius 3 is 2.89 bits per heavy atom. The van der Waals surface area contributed by atoms with Gasteiger partial charge in [0.2, 0.25) is 10.0 Å². The van der Waals surface area contributed by atoms with E-state index in [9.17, 15) is 12.8 Å². The van der Waals surface area contributed by atoms with E-state index in [1.54, 1.807) is 6.07 Å². The number of nitrogens with one attached hydrogen (secondary N) is 2. The quantitative estimate of drug-likeness (QED) is 0.475. The summed E-state index contributed by atoms with van der Waals surface area (Å²) in [4.78, 5) is 6.24. The van der Waals surface area contributed by atoms with E-state index in [4.69, 9.17) is 4.74 Å². The van der Waals surface area contributed by atoms with Crippen molar-refractivity contribution in [3.05, 3.63) is 35.6 Å². The largest absolute Gasteiger partial charge is 0.377 e. The van der Waals surface area contributed by atoms with Crippen LogP contribution in [0.1, 0.15) is 31.7 Å². The molecule has 0 saturated carbocycles. The van der Waals surface area contributed by atoms with Crippen LogP contribution in [0.15, 0.2) is 29.3 Å². The van der Waals surface area contributed by atoms with E-state index in [0.29, 0.717) is 32.2 Å². The maximum atomic E-state index is 13.4. The standard InChI is InChI=1S/C19H31FN4O3S/c1-3-21-19(24(2)15-16-7-6-8-17(20)13-16)22-10-12-28(25,26)23-14-18-9-4-5-11-27-18/h6-8,13,18,23H,3-5,9-12,14-15H2,1-2H3,(H,21,22). The second kappa shape index (κ2) is 11.3. The van der Waals surface area contributed by atoms with Crippen LogP contribution in [-0.4, -0.2) is 64.4 Å². The van der Waals surface area contributed by atoms with E-state index in [0.717, 1.165) is 24.8 Å². The van der Waals surface area contributed by atoms with Gasteiger partial charge in [-0.1, -0.05) is 12.1 Å². The number of hydrogen-bond donors (Lipinski definition) is 2. The third-order valence-corrected chi connectivity index (χ3v) is 5.76. The van der Waals surface area contributed by atoms with Crippen LogP contribution in [-0.2, 0) is 21.3 Å². The van der Waals surface area contributed by atoms with Crippen LogP contribution >= 0.6 is 0 Å². The van der Waals surface area contributed by atoms with Crippen LogP contribution in [0, 0.1) is 5.82 Å². The summed E-state index contributed by atoms with van der Waals surface area (Å²) in [6.45, 7) is 4.20. The number of nitrogens with zero attached hydrogens (tertiary/aromatic N) is 2. The summed E-state index contributed by atoms with van der Waals surface area (Å²) in [5, 5.41) is 3.13. The van der Waals surface area contributed by atoms with Gasteiger partial charge in [-0.2, -0.15) is 0 Å². The number of aliphatic imine (C=N–C) groups is 1. The molecule has 1 aliphatic heterocycles. The van der Waals surface area contributed by atoms with Crippen LogP contribution in [0.2, 0.25) is 0 Å². The zero-order chi connectivity index (χ0) is 20.4. The molecule has 0 aliphatic carbocycles. The SMILES string of the molecule is CCNC(=NCCS(=O)(=O)NCC1CCCCO1)N(C)Cc1cccc(F)c1. The van der Waals surface area contributed by atoms with Gasteiger partial charge in [-0.25, -0.2) is 17.5 Å². The molecule has 158 valence electrons. The number of hydrogen-bond acceptors (Lipinski definition) is 4. The molecule has 0 spiro atoms. The molecule has 1 fully saturated rings. The molecule has 1 atom stereocenters. The van der Waals surface area contributed by atoms with Crippen LogP contribution in [0.5, 0.6) is 0 Å². The number of rotatable bonds is 9. The van der Waals surface area contributed by atoms with Gasteiger partial charge in [0.05, 0.1) is 18.4 Å². The Kier molecular flexibility index (Phi) is 9.14. The zero-order valence-corrected chi connectivity index (χ0v) is 17.5. The van der Waals surface area contributed by atoms with Gasteiger partial charge in [0, 0.05) is 33.3 Å². The molecule has 28 heavy (non-hydrogen) atoms. The van der Waals surface area contributed by atoms with Gasteiger partial charge in [-0.3, -0.25) is 4.99 Å². The van der Waals surface area contributed by atoms with Crippen molar-refractivity contribution in [2.45, 2.75) is 38.8 Å². The van der Waals surface area contributed by atoms with E-state index >= 15 is 0 Å². The Morgan fingerprint density at radius 1 is 1.39 bits per heavy atom. The average molecular weight is 415 g/mol. The van der Waals surface area contributed by atoms with Crippen molar-refractivity contribution in [3.63, 3.8) is 0 Å². The maximum absolute atomic E-state index is 13.4. The molecule has 2 rings (SSSR count). The van der Waals surface area contributed by atoms with Crippen molar-refractivity contribution in [3.8, 4) is 0 Å². The monoisotopic (exact) mass is 414 g/mol. The first-order chi connectivity index (χ1) is 13.4. The van der Waals surface area contributed by atoms with Crippen LogP contribution in [0.4, 0.5) is 4.39 Å². The molecule has 1 unspecified atom stereocenters. The highest BCUT2D eigenvalue weighted by Crippen LogP contribution is 2.12. The predicted molar refractivity (Wildman–Crippen MR) is 109 cm³/mol. The molecule has 0 amide bonds. The molecule has 7 nitrogen and oxygen atoms in total. The van der Waals surface area contributed by atoms with Gasteiger partial charge in [0.25, 0.3) is 0 Å². The Bertz CT molecular complexity index is 736. The van der Waals surface area contributed by atoms with E-state index in [1.165, 1.54) is 12.1 Å². The molecule has 1 aromatic rings. The highest BCUT2D eigenvalue weighted by Gasteiger charge is 2.17. The Balaban J connectivity index is 1.86. The van der Waals surface area contributed by atoms with Gasteiger partial charge in [-0.05, 0) is 43.9 Å². The fraction of sp³-hybridized carbons (Fsp3) is 0.632. The molecule has 0 aromatic heterocycles. The second-order valence-corrected chi connectivity index (χ2v) is 8.80. The first-order valence-corrected chi connectivity index (χ1v) is 11.4. The Hall–Kier alpha value is -1.71. The summed E-state index contributed by atoms with van der Waals surface area (Å²) in [6, 6.07) is 6.38. The van der Waals surface area contributed by atoms with Gasteiger partial charge in [0.1, 0.15) is 5.82 Å². The van der Waals surface area contributed by atoms with Gasteiger partial charge < -0.3 is 15.0 Å².